The van der Waals surface area contributed by atoms with Gasteiger partial charge < -0.3 is 19.9 Å². The van der Waals surface area contributed by atoms with E-state index >= 15 is 0 Å². The van der Waals surface area contributed by atoms with E-state index in [4.69, 9.17) is 9.47 Å². The smallest absolute Gasteiger partial charge is 0.238 e. The molecule has 1 heterocycles. The Bertz CT molecular complexity index is 860. The van der Waals surface area contributed by atoms with E-state index in [1.165, 1.54) is 14.2 Å². The third-order valence-electron chi connectivity index (χ3n) is 4.43. The van der Waals surface area contributed by atoms with Crippen molar-refractivity contribution in [2.24, 2.45) is 0 Å². The predicted molar refractivity (Wildman–Crippen MR) is 94.8 cm³/mol. The molecule has 0 aromatic heterocycles. The molecule has 2 aromatic carbocycles. The molecule has 0 saturated carbocycles. The normalized spacial score (nSPS) is 16.6. The van der Waals surface area contributed by atoms with E-state index in [2.05, 4.69) is 5.32 Å². The molecule has 3 rings (SSSR count). The molecular weight excluding hydrogens is 358 g/mol. The number of nitrogens with one attached hydrogen (secondary N) is 1. The van der Waals surface area contributed by atoms with Crippen molar-refractivity contribution in [1.29, 1.82) is 0 Å². The minimum atomic E-state index is -0.877. The first kappa shape index (κ1) is 19.1. The number of anilines is 1. The fourth-order valence-electron chi connectivity index (χ4n) is 3.25. The Morgan fingerprint density at radius 3 is 2.63 bits per heavy atom. The number of carbonyl (C=O) groups excluding carboxylic acids is 1. The predicted octanol–water partition coefficient (Wildman–Crippen LogP) is 2.47. The molecule has 0 spiro atoms. The van der Waals surface area contributed by atoms with Crippen LogP contribution in [0.5, 0.6) is 11.5 Å². The van der Waals surface area contributed by atoms with Gasteiger partial charge in [-0.25, -0.2) is 8.78 Å². The summed E-state index contributed by atoms with van der Waals surface area (Å²) in [5.41, 5.74) is 1.13. The number of nitrogens with zero attached hydrogens (tertiary/aromatic N) is 1. The lowest BCUT2D eigenvalue weighted by Crippen LogP contribution is -2.39. The zero-order chi connectivity index (χ0) is 19.6. The number of rotatable bonds is 5. The highest BCUT2D eigenvalue weighted by Crippen LogP contribution is 2.39. The molecule has 144 valence electrons. The molecule has 0 saturated heterocycles. The maximum Gasteiger partial charge on any atom is 0.238 e. The summed E-state index contributed by atoms with van der Waals surface area (Å²) in [6, 6.07) is 6.29. The van der Waals surface area contributed by atoms with Crippen molar-refractivity contribution >= 4 is 11.6 Å². The van der Waals surface area contributed by atoms with Crippen LogP contribution in [0.1, 0.15) is 17.2 Å². The molecule has 0 bridgehead atoms. The Labute approximate surface area is 155 Å². The molecule has 8 heteroatoms. The van der Waals surface area contributed by atoms with Crippen LogP contribution in [0.4, 0.5) is 14.5 Å². The van der Waals surface area contributed by atoms with E-state index in [1.807, 2.05) is 0 Å². The van der Waals surface area contributed by atoms with Crippen LogP contribution in [0.2, 0.25) is 0 Å². The maximum absolute atomic E-state index is 13.7. The lowest BCUT2D eigenvalue weighted by Gasteiger charge is -2.33. The van der Waals surface area contributed by atoms with Crippen molar-refractivity contribution in [2.75, 3.05) is 32.6 Å². The van der Waals surface area contributed by atoms with Crippen LogP contribution >= 0.6 is 0 Å². The summed E-state index contributed by atoms with van der Waals surface area (Å²) in [6.07, 6.45) is -0.877. The first-order valence-electron chi connectivity index (χ1n) is 8.32. The Morgan fingerprint density at radius 1 is 1.22 bits per heavy atom. The zero-order valence-corrected chi connectivity index (χ0v) is 15.0. The number of amides is 1. The number of aliphatic hydroxyl groups excluding tert-OH is 1. The fraction of sp³-hybridized carbons (Fsp3) is 0.316. The van der Waals surface area contributed by atoms with Gasteiger partial charge in [0.05, 0.1) is 32.6 Å². The third kappa shape index (κ3) is 4.01. The molecule has 2 aromatic rings. The molecule has 1 atom stereocenters. The SMILES string of the molecule is COc1ccc(OC)c2c1CN(CC(=O)Nc1cc(F)ccc1F)C[C@@H]2O. The summed E-state index contributed by atoms with van der Waals surface area (Å²) >= 11 is 0. The number of fused-ring (bicyclic) bond motifs is 1. The van der Waals surface area contributed by atoms with Gasteiger partial charge in [-0.2, -0.15) is 0 Å². The molecule has 1 aliphatic rings. The number of benzene rings is 2. The molecule has 0 aliphatic carbocycles. The fourth-order valence-corrected chi connectivity index (χ4v) is 3.25. The molecule has 27 heavy (non-hydrogen) atoms. The summed E-state index contributed by atoms with van der Waals surface area (Å²) in [6.45, 7) is 0.425. The number of hydrogen-bond donors (Lipinski definition) is 2. The molecule has 0 unspecified atom stereocenters. The van der Waals surface area contributed by atoms with Crippen LogP contribution in [-0.2, 0) is 11.3 Å². The molecule has 1 aliphatic heterocycles. The highest BCUT2D eigenvalue weighted by Gasteiger charge is 2.30. The second kappa shape index (κ2) is 7.89. The highest BCUT2D eigenvalue weighted by molar-refractivity contribution is 5.92. The van der Waals surface area contributed by atoms with Gasteiger partial charge in [0.2, 0.25) is 5.91 Å². The van der Waals surface area contributed by atoms with Crippen LogP contribution in [0.3, 0.4) is 0 Å². The van der Waals surface area contributed by atoms with Gasteiger partial charge in [-0.1, -0.05) is 0 Å². The van der Waals surface area contributed by atoms with E-state index in [0.29, 0.717) is 23.6 Å². The van der Waals surface area contributed by atoms with Crippen molar-refractivity contribution in [3.63, 3.8) is 0 Å². The minimum Gasteiger partial charge on any atom is -0.496 e. The number of β-amino-alcohol motifs (C(OH)–C–C–N with tert-alkyl or cyclic N) is 1. The number of halogens is 2. The van der Waals surface area contributed by atoms with Crippen molar-refractivity contribution in [1.82, 2.24) is 4.90 Å². The number of aliphatic hydroxyl groups is 1. The van der Waals surface area contributed by atoms with Gasteiger partial charge in [-0.05, 0) is 24.3 Å². The van der Waals surface area contributed by atoms with Crippen molar-refractivity contribution in [3.8, 4) is 11.5 Å². The van der Waals surface area contributed by atoms with Gasteiger partial charge in [0.15, 0.2) is 0 Å². The first-order valence-corrected chi connectivity index (χ1v) is 8.32. The van der Waals surface area contributed by atoms with E-state index < -0.39 is 23.6 Å². The standard InChI is InChI=1S/C19H20F2N2O4/c1-26-16-5-6-17(27-2)19-12(16)8-23(9-15(19)24)10-18(25)22-14-7-11(20)3-4-13(14)21/h3-7,15,24H,8-10H2,1-2H3,(H,22,25)/t15-/m0/s1. The van der Waals surface area contributed by atoms with E-state index in [9.17, 15) is 18.7 Å². The summed E-state index contributed by atoms with van der Waals surface area (Å²) in [4.78, 5) is 14.0. The third-order valence-corrected chi connectivity index (χ3v) is 4.43. The van der Waals surface area contributed by atoms with E-state index in [-0.39, 0.29) is 18.8 Å². The average molecular weight is 378 g/mol. The van der Waals surface area contributed by atoms with Gasteiger partial charge in [-0.15, -0.1) is 0 Å². The van der Waals surface area contributed by atoms with Crippen LogP contribution in [0.25, 0.3) is 0 Å². The van der Waals surface area contributed by atoms with Crippen molar-refractivity contribution < 1.29 is 28.2 Å². The van der Waals surface area contributed by atoms with Crippen molar-refractivity contribution in [3.05, 3.63) is 53.1 Å². The van der Waals surface area contributed by atoms with Gasteiger partial charge in [0, 0.05) is 30.3 Å². The largest absolute Gasteiger partial charge is 0.496 e. The summed E-state index contributed by atoms with van der Waals surface area (Å²) in [5.74, 6) is -0.765. The Hall–Kier alpha value is -2.71. The summed E-state index contributed by atoms with van der Waals surface area (Å²) in [7, 11) is 3.04. The monoisotopic (exact) mass is 378 g/mol. The van der Waals surface area contributed by atoms with Gasteiger partial charge >= 0.3 is 0 Å². The molecule has 0 radical (unpaired) electrons. The van der Waals surface area contributed by atoms with Crippen LogP contribution < -0.4 is 14.8 Å². The molecule has 1 amide bonds. The van der Waals surface area contributed by atoms with Gasteiger partial charge in [-0.3, -0.25) is 9.69 Å². The van der Waals surface area contributed by atoms with Gasteiger partial charge in [0.1, 0.15) is 23.1 Å². The van der Waals surface area contributed by atoms with Crippen LogP contribution in [0.15, 0.2) is 30.3 Å². The first-order chi connectivity index (χ1) is 12.9. The minimum absolute atomic E-state index is 0.104. The van der Waals surface area contributed by atoms with E-state index in [1.54, 1.807) is 17.0 Å². The topological polar surface area (TPSA) is 71.0 Å². The molecule has 6 nitrogen and oxygen atoms in total. The zero-order valence-electron chi connectivity index (χ0n) is 15.0. The summed E-state index contributed by atoms with van der Waals surface area (Å²) < 4.78 is 37.6. The molecule has 0 fully saturated rings. The molecule has 2 N–H and O–H groups in total. The van der Waals surface area contributed by atoms with Crippen LogP contribution in [-0.4, -0.2) is 43.2 Å². The Balaban J connectivity index is 1.76. The second-order valence-electron chi connectivity index (χ2n) is 6.22. The highest BCUT2D eigenvalue weighted by atomic mass is 19.1. The van der Waals surface area contributed by atoms with Crippen LogP contribution in [0, 0.1) is 11.6 Å². The lowest BCUT2D eigenvalue weighted by atomic mass is 9.95. The number of carbonyl (C=O) groups is 1. The van der Waals surface area contributed by atoms with E-state index in [0.717, 1.165) is 23.8 Å². The average Bonchev–Trinajstić information content (AvgIpc) is 2.63. The number of methoxy groups -OCH3 is 2. The Kier molecular flexibility index (Phi) is 5.57. The lowest BCUT2D eigenvalue weighted by molar-refractivity contribution is -0.118. The van der Waals surface area contributed by atoms with Gasteiger partial charge in [0.25, 0.3) is 0 Å². The maximum atomic E-state index is 13.7. The summed E-state index contributed by atoms with van der Waals surface area (Å²) in [5, 5.41) is 12.9. The second-order valence-corrected chi connectivity index (χ2v) is 6.22. The quantitative estimate of drug-likeness (QED) is 0.837. The van der Waals surface area contributed by atoms with Crippen molar-refractivity contribution in [2.45, 2.75) is 12.6 Å². The number of hydrogen-bond acceptors (Lipinski definition) is 5. The molecular formula is C19H20F2N2O4. The Morgan fingerprint density at radius 2 is 1.93 bits per heavy atom. The number of ether oxygens (including phenoxy) is 2.